The number of benzene rings is 1. The molecule has 1 saturated heterocycles. The zero-order valence-corrected chi connectivity index (χ0v) is 15.3. The van der Waals surface area contributed by atoms with Gasteiger partial charge in [-0.25, -0.2) is 0 Å². The zero-order chi connectivity index (χ0) is 17.5. The lowest BCUT2D eigenvalue weighted by atomic mass is 9.91. The van der Waals surface area contributed by atoms with E-state index in [1.54, 1.807) is 0 Å². The van der Waals surface area contributed by atoms with Gasteiger partial charge in [-0.2, -0.15) is 0 Å². The van der Waals surface area contributed by atoms with Crippen molar-refractivity contribution in [2.75, 3.05) is 39.4 Å². The smallest absolute Gasteiger partial charge is 0.260 e. The van der Waals surface area contributed by atoms with Gasteiger partial charge in [0.25, 0.3) is 5.91 Å². The third-order valence-electron chi connectivity index (χ3n) is 5.08. The van der Waals surface area contributed by atoms with Gasteiger partial charge in [0.15, 0.2) is 6.10 Å². The Morgan fingerprint density at radius 1 is 1.28 bits per heavy atom. The van der Waals surface area contributed by atoms with Crippen molar-refractivity contribution < 1.29 is 14.3 Å². The molecule has 1 unspecified atom stereocenters. The van der Waals surface area contributed by atoms with E-state index in [-0.39, 0.29) is 5.91 Å². The van der Waals surface area contributed by atoms with E-state index in [0.29, 0.717) is 6.54 Å². The quantitative estimate of drug-likeness (QED) is 0.769. The van der Waals surface area contributed by atoms with Crippen molar-refractivity contribution in [3.63, 3.8) is 0 Å². The number of ether oxygens (including phenoxy) is 2. The monoisotopic (exact) mass is 346 g/mol. The van der Waals surface area contributed by atoms with Crippen molar-refractivity contribution in [1.29, 1.82) is 0 Å². The van der Waals surface area contributed by atoms with Crippen LogP contribution in [0.5, 0.6) is 5.75 Å². The van der Waals surface area contributed by atoms with Crippen molar-refractivity contribution >= 4 is 5.91 Å². The third-order valence-corrected chi connectivity index (χ3v) is 5.08. The Labute approximate surface area is 150 Å². The number of fused-ring (bicyclic) bond motifs is 1. The summed E-state index contributed by atoms with van der Waals surface area (Å²) in [5.74, 6) is 0.851. The Bertz CT molecular complexity index is 570. The van der Waals surface area contributed by atoms with Crippen LogP contribution in [0.15, 0.2) is 18.2 Å². The molecule has 3 rings (SSSR count). The number of morpholine rings is 1. The van der Waals surface area contributed by atoms with Gasteiger partial charge in [0.2, 0.25) is 0 Å². The van der Waals surface area contributed by atoms with Crippen LogP contribution in [-0.4, -0.2) is 56.3 Å². The van der Waals surface area contributed by atoms with Gasteiger partial charge in [-0.3, -0.25) is 9.69 Å². The van der Waals surface area contributed by atoms with E-state index in [1.807, 2.05) is 19.1 Å². The molecular weight excluding hydrogens is 316 g/mol. The third kappa shape index (κ3) is 5.19. The highest BCUT2D eigenvalue weighted by Gasteiger charge is 2.19. The van der Waals surface area contributed by atoms with Crippen LogP contribution < -0.4 is 10.1 Å². The zero-order valence-electron chi connectivity index (χ0n) is 15.3. The molecule has 1 aromatic rings. The molecular formula is C20H30N2O3. The minimum Gasteiger partial charge on any atom is -0.481 e. The maximum absolute atomic E-state index is 12.3. The van der Waals surface area contributed by atoms with Crippen LogP contribution in [-0.2, 0) is 22.4 Å². The summed E-state index contributed by atoms with van der Waals surface area (Å²) in [5.41, 5.74) is 2.67. The molecule has 1 aliphatic carbocycles. The largest absolute Gasteiger partial charge is 0.481 e. The Balaban J connectivity index is 1.42. The van der Waals surface area contributed by atoms with Gasteiger partial charge in [0.1, 0.15) is 5.75 Å². The van der Waals surface area contributed by atoms with E-state index in [1.165, 1.54) is 24.0 Å². The highest BCUT2D eigenvalue weighted by Crippen LogP contribution is 2.30. The lowest BCUT2D eigenvalue weighted by Gasteiger charge is -2.26. The second-order valence-corrected chi connectivity index (χ2v) is 6.96. The summed E-state index contributed by atoms with van der Waals surface area (Å²) >= 11 is 0. The highest BCUT2D eigenvalue weighted by atomic mass is 16.5. The molecule has 5 heteroatoms. The van der Waals surface area contributed by atoms with E-state index < -0.39 is 6.10 Å². The molecule has 5 nitrogen and oxygen atoms in total. The number of amides is 1. The first-order chi connectivity index (χ1) is 12.2. The molecule has 1 fully saturated rings. The van der Waals surface area contributed by atoms with Gasteiger partial charge >= 0.3 is 0 Å². The van der Waals surface area contributed by atoms with E-state index in [9.17, 15) is 4.79 Å². The minimum absolute atomic E-state index is 0.0320. The number of carbonyl (C=O) groups excluding carboxylic acids is 1. The van der Waals surface area contributed by atoms with Crippen molar-refractivity contribution in [1.82, 2.24) is 10.2 Å². The highest BCUT2D eigenvalue weighted by molar-refractivity contribution is 5.80. The Morgan fingerprint density at radius 3 is 2.92 bits per heavy atom. The SMILES string of the molecule is CC(Oc1cccc2c1CCCC2)C(=O)NCCCN1CCOCC1. The predicted octanol–water partition coefficient (Wildman–Crippen LogP) is 2.17. The predicted molar refractivity (Wildman–Crippen MR) is 98.1 cm³/mol. The number of nitrogens with one attached hydrogen (secondary N) is 1. The average molecular weight is 346 g/mol. The van der Waals surface area contributed by atoms with Crippen LogP contribution in [0, 0.1) is 0 Å². The number of hydrogen-bond donors (Lipinski definition) is 1. The molecule has 1 heterocycles. The van der Waals surface area contributed by atoms with Crippen molar-refractivity contribution in [2.45, 2.75) is 45.1 Å². The molecule has 0 spiro atoms. The molecule has 138 valence electrons. The molecule has 1 aromatic carbocycles. The summed E-state index contributed by atoms with van der Waals surface area (Å²) in [5, 5.41) is 3.00. The first-order valence-corrected chi connectivity index (χ1v) is 9.59. The molecule has 25 heavy (non-hydrogen) atoms. The maximum Gasteiger partial charge on any atom is 0.260 e. The van der Waals surface area contributed by atoms with E-state index >= 15 is 0 Å². The topological polar surface area (TPSA) is 50.8 Å². The number of carbonyl (C=O) groups is 1. The van der Waals surface area contributed by atoms with Crippen LogP contribution in [0.3, 0.4) is 0 Å². The molecule has 1 N–H and O–H groups in total. The molecule has 0 aromatic heterocycles. The molecule has 0 radical (unpaired) electrons. The fraction of sp³-hybridized carbons (Fsp3) is 0.650. The normalized spacial score (nSPS) is 19.1. The number of rotatable bonds is 7. The maximum atomic E-state index is 12.3. The van der Waals surface area contributed by atoms with Crippen LogP contribution in [0.1, 0.15) is 37.3 Å². The van der Waals surface area contributed by atoms with Crippen molar-refractivity contribution in [2.24, 2.45) is 0 Å². The van der Waals surface area contributed by atoms with Crippen LogP contribution in [0.4, 0.5) is 0 Å². The standard InChI is InChI=1S/C20H30N2O3/c1-16(20(23)21-10-5-11-22-12-14-24-15-13-22)25-19-9-4-7-17-6-2-3-8-18(17)19/h4,7,9,16H,2-3,5-6,8,10-15H2,1H3,(H,21,23). The first kappa shape index (κ1) is 18.2. The number of aryl methyl sites for hydroxylation is 1. The van der Waals surface area contributed by atoms with Gasteiger partial charge in [-0.15, -0.1) is 0 Å². The van der Waals surface area contributed by atoms with Gasteiger partial charge < -0.3 is 14.8 Å². The summed E-state index contributed by atoms with van der Waals surface area (Å²) in [4.78, 5) is 14.7. The van der Waals surface area contributed by atoms with Gasteiger partial charge in [-0.1, -0.05) is 12.1 Å². The summed E-state index contributed by atoms with van der Waals surface area (Å²) in [7, 11) is 0. The van der Waals surface area contributed by atoms with Gasteiger partial charge in [-0.05, 0) is 62.8 Å². The molecule has 1 atom stereocenters. The average Bonchev–Trinajstić information content (AvgIpc) is 2.66. The molecule has 2 aliphatic rings. The molecule has 0 saturated carbocycles. The van der Waals surface area contributed by atoms with E-state index in [2.05, 4.69) is 16.3 Å². The van der Waals surface area contributed by atoms with Gasteiger partial charge in [0.05, 0.1) is 13.2 Å². The fourth-order valence-electron chi connectivity index (χ4n) is 3.58. The second kappa shape index (κ2) is 9.20. The molecule has 0 bridgehead atoms. The molecule has 1 amide bonds. The summed E-state index contributed by atoms with van der Waals surface area (Å²) in [6.45, 7) is 7.15. The Kier molecular flexibility index (Phi) is 6.70. The number of hydrogen-bond acceptors (Lipinski definition) is 4. The minimum atomic E-state index is -0.461. The van der Waals surface area contributed by atoms with E-state index in [0.717, 1.165) is 57.9 Å². The summed E-state index contributed by atoms with van der Waals surface area (Å²) in [6, 6.07) is 6.20. The van der Waals surface area contributed by atoms with E-state index in [4.69, 9.17) is 9.47 Å². The lowest BCUT2D eigenvalue weighted by Crippen LogP contribution is -2.40. The fourth-order valence-corrected chi connectivity index (χ4v) is 3.58. The molecule has 1 aliphatic heterocycles. The van der Waals surface area contributed by atoms with Crippen LogP contribution >= 0.6 is 0 Å². The summed E-state index contributed by atoms with van der Waals surface area (Å²) < 4.78 is 11.3. The Morgan fingerprint density at radius 2 is 2.08 bits per heavy atom. The van der Waals surface area contributed by atoms with Crippen molar-refractivity contribution in [3.05, 3.63) is 29.3 Å². The first-order valence-electron chi connectivity index (χ1n) is 9.59. The van der Waals surface area contributed by atoms with Gasteiger partial charge in [0, 0.05) is 19.6 Å². The number of nitrogens with zero attached hydrogens (tertiary/aromatic N) is 1. The Hall–Kier alpha value is -1.59. The van der Waals surface area contributed by atoms with Crippen LogP contribution in [0.2, 0.25) is 0 Å². The summed E-state index contributed by atoms with van der Waals surface area (Å²) in [6.07, 6.45) is 5.12. The van der Waals surface area contributed by atoms with Crippen LogP contribution in [0.25, 0.3) is 0 Å². The van der Waals surface area contributed by atoms with Crippen molar-refractivity contribution in [3.8, 4) is 5.75 Å². The lowest BCUT2D eigenvalue weighted by molar-refractivity contribution is -0.127. The second-order valence-electron chi connectivity index (χ2n) is 6.96.